The van der Waals surface area contributed by atoms with Gasteiger partial charge in [0.15, 0.2) is 0 Å². The number of halogens is 1. The van der Waals surface area contributed by atoms with Crippen LogP contribution in [0.4, 0.5) is 10.1 Å². The third-order valence-electron chi connectivity index (χ3n) is 2.63. The molecule has 0 aliphatic heterocycles. The minimum absolute atomic E-state index is 0.0680. The standard InChI is InChI=1S/C13H13FN2O3S/c1-9-5-12(3-4-13(9)19-2)20(17,18)16-11-6-10(14)7-15-8-11/h3-8,16H,1-2H3. The molecule has 1 N–H and O–H groups in total. The van der Waals surface area contributed by atoms with Gasteiger partial charge in [-0.1, -0.05) is 0 Å². The van der Waals surface area contributed by atoms with Crippen molar-refractivity contribution in [2.75, 3.05) is 11.8 Å². The lowest BCUT2D eigenvalue weighted by molar-refractivity contribution is 0.411. The van der Waals surface area contributed by atoms with E-state index in [0.29, 0.717) is 11.3 Å². The van der Waals surface area contributed by atoms with Crippen LogP contribution in [0.15, 0.2) is 41.6 Å². The Morgan fingerprint density at radius 2 is 2.00 bits per heavy atom. The second-order valence-electron chi connectivity index (χ2n) is 4.13. The number of nitrogens with zero attached hydrogens (tertiary/aromatic N) is 1. The lowest BCUT2D eigenvalue weighted by atomic mass is 10.2. The van der Waals surface area contributed by atoms with E-state index in [1.807, 2.05) is 0 Å². The Hall–Kier alpha value is -2.15. The minimum Gasteiger partial charge on any atom is -0.496 e. The lowest BCUT2D eigenvalue weighted by Crippen LogP contribution is -2.13. The summed E-state index contributed by atoms with van der Waals surface area (Å²) >= 11 is 0. The number of nitrogens with one attached hydrogen (secondary N) is 1. The van der Waals surface area contributed by atoms with Crippen molar-refractivity contribution in [3.63, 3.8) is 0 Å². The van der Waals surface area contributed by atoms with Crippen LogP contribution in [0.1, 0.15) is 5.56 Å². The number of hydrogen-bond acceptors (Lipinski definition) is 4. The number of ether oxygens (including phenoxy) is 1. The molecule has 0 radical (unpaired) electrons. The van der Waals surface area contributed by atoms with Crippen LogP contribution >= 0.6 is 0 Å². The summed E-state index contributed by atoms with van der Waals surface area (Å²) in [6.07, 6.45) is 2.23. The fourth-order valence-electron chi connectivity index (χ4n) is 1.70. The van der Waals surface area contributed by atoms with Gasteiger partial charge in [0.2, 0.25) is 0 Å². The zero-order chi connectivity index (χ0) is 14.8. The summed E-state index contributed by atoms with van der Waals surface area (Å²) in [7, 11) is -2.28. The number of anilines is 1. The molecule has 2 rings (SSSR count). The maximum absolute atomic E-state index is 13.0. The maximum atomic E-state index is 13.0. The first-order valence-corrected chi connectivity index (χ1v) is 7.19. The van der Waals surface area contributed by atoms with Crippen LogP contribution < -0.4 is 9.46 Å². The van der Waals surface area contributed by atoms with Crippen LogP contribution in [0.5, 0.6) is 5.75 Å². The molecule has 0 bridgehead atoms. The number of methoxy groups -OCH3 is 1. The molecule has 0 aliphatic rings. The predicted octanol–water partition coefficient (Wildman–Crippen LogP) is 2.34. The number of benzene rings is 1. The summed E-state index contributed by atoms with van der Waals surface area (Å²) in [6, 6.07) is 5.52. The Labute approximate surface area is 116 Å². The number of sulfonamides is 1. The Bertz CT molecular complexity index is 732. The summed E-state index contributed by atoms with van der Waals surface area (Å²) in [5.41, 5.74) is 0.756. The van der Waals surface area contributed by atoms with Gasteiger partial charge in [-0.15, -0.1) is 0 Å². The zero-order valence-electron chi connectivity index (χ0n) is 10.9. The quantitative estimate of drug-likeness (QED) is 0.940. The van der Waals surface area contributed by atoms with Gasteiger partial charge < -0.3 is 4.74 Å². The molecular weight excluding hydrogens is 283 g/mol. The van der Waals surface area contributed by atoms with Gasteiger partial charge in [-0.2, -0.15) is 0 Å². The fourth-order valence-corrected chi connectivity index (χ4v) is 2.82. The summed E-state index contributed by atoms with van der Waals surface area (Å²) in [4.78, 5) is 3.65. The Kier molecular flexibility index (Phi) is 3.89. The molecule has 2 aromatic rings. The third kappa shape index (κ3) is 3.05. The Balaban J connectivity index is 2.33. The Morgan fingerprint density at radius 3 is 2.60 bits per heavy atom. The maximum Gasteiger partial charge on any atom is 0.261 e. The van der Waals surface area contributed by atoms with Gasteiger partial charge in [0, 0.05) is 6.07 Å². The number of rotatable bonds is 4. The van der Waals surface area contributed by atoms with Crippen molar-refractivity contribution in [3.8, 4) is 5.75 Å². The van der Waals surface area contributed by atoms with E-state index in [2.05, 4.69) is 9.71 Å². The van der Waals surface area contributed by atoms with Gasteiger partial charge in [0.1, 0.15) is 11.6 Å². The van der Waals surface area contributed by atoms with Gasteiger partial charge in [-0.25, -0.2) is 12.8 Å². The molecule has 0 fully saturated rings. The predicted molar refractivity (Wildman–Crippen MR) is 72.7 cm³/mol. The van der Waals surface area contributed by atoms with Crippen molar-refractivity contribution in [1.29, 1.82) is 0 Å². The van der Waals surface area contributed by atoms with E-state index in [0.717, 1.165) is 12.3 Å². The van der Waals surface area contributed by atoms with Crippen LogP contribution in [0.3, 0.4) is 0 Å². The average molecular weight is 296 g/mol. The first kappa shape index (κ1) is 14.3. The first-order chi connectivity index (χ1) is 9.42. The number of pyridine rings is 1. The van der Waals surface area contributed by atoms with Crippen molar-refractivity contribution in [3.05, 3.63) is 48.0 Å². The van der Waals surface area contributed by atoms with E-state index >= 15 is 0 Å². The van der Waals surface area contributed by atoms with Crippen molar-refractivity contribution >= 4 is 15.7 Å². The van der Waals surface area contributed by atoms with Crippen molar-refractivity contribution in [1.82, 2.24) is 4.98 Å². The van der Waals surface area contributed by atoms with Gasteiger partial charge >= 0.3 is 0 Å². The van der Waals surface area contributed by atoms with E-state index in [1.54, 1.807) is 13.0 Å². The Morgan fingerprint density at radius 1 is 1.25 bits per heavy atom. The zero-order valence-corrected chi connectivity index (χ0v) is 11.7. The first-order valence-electron chi connectivity index (χ1n) is 5.70. The van der Waals surface area contributed by atoms with E-state index in [9.17, 15) is 12.8 Å². The van der Waals surface area contributed by atoms with Gasteiger partial charge in [0.25, 0.3) is 10.0 Å². The van der Waals surface area contributed by atoms with Crippen LogP contribution in [-0.4, -0.2) is 20.5 Å². The monoisotopic (exact) mass is 296 g/mol. The van der Waals surface area contributed by atoms with Crippen LogP contribution in [-0.2, 0) is 10.0 Å². The highest BCUT2D eigenvalue weighted by molar-refractivity contribution is 7.92. The highest BCUT2D eigenvalue weighted by atomic mass is 32.2. The summed E-state index contributed by atoms with van der Waals surface area (Å²) in [5, 5.41) is 0. The molecular formula is C13H13FN2O3S. The van der Waals surface area contributed by atoms with E-state index in [-0.39, 0.29) is 10.6 Å². The second-order valence-corrected chi connectivity index (χ2v) is 5.81. The molecule has 20 heavy (non-hydrogen) atoms. The van der Waals surface area contributed by atoms with Gasteiger partial charge in [-0.05, 0) is 30.7 Å². The smallest absolute Gasteiger partial charge is 0.261 e. The fraction of sp³-hybridized carbons (Fsp3) is 0.154. The van der Waals surface area contributed by atoms with Crippen LogP contribution in [0, 0.1) is 12.7 Å². The SMILES string of the molecule is COc1ccc(S(=O)(=O)Nc2cncc(F)c2)cc1C. The van der Waals surface area contributed by atoms with Crippen molar-refractivity contribution < 1.29 is 17.5 Å². The summed E-state index contributed by atoms with van der Waals surface area (Å²) in [6.45, 7) is 1.74. The van der Waals surface area contributed by atoms with E-state index < -0.39 is 15.8 Å². The molecule has 1 aromatic heterocycles. The van der Waals surface area contributed by atoms with Gasteiger partial charge in [-0.3, -0.25) is 9.71 Å². The van der Waals surface area contributed by atoms with Crippen molar-refractivity contribution in [2.45, 2.75) is 11.8 Å². The van der Waals surface area contributed by atoms with Crippen LogP contribution in [0.2, 0.25) is 0 Å². The van der Waals surface area contributed by atoms with Gasteiger partial charge in [0.05, 0.1) is 30.1 Å². The number of aryl methyl sites for hydroxylation is 1. The van der Waals surface area contributed by atoms with E-state index in [1.165, 1.54) is 25.4 Å². The number of aromatic nitrogens is 1. The third-order valence-corrected chi connectivity index (χ3v) is 4.01. The molecule has 0 aliphatic carbocycles. The molecule has 0 amide bonds. The lowest BCUT2D eigenvalue weighted by Gasteiger charge is -2.10. The molecule has 5 nitrogen and oxygen atoms in total. The molecule has 0 saturated carbocycles. The highest BCUT2D eigenvalue weighted by Gasteiger charge is 2.16. The minimum atomic E-state index is -3.79. The van der Waals surface area contributed by atoms with E-state index in [4.69, 9.17) is 4.74 Å². The normalized spacial score (nSPS) is 11.2. The van der Waals surface area contributed by atoms with Crippen LogP contribution in [0.25, 0.3) is 0 Å². The molecule has 0 atom stereocenters. The second kappa shape index (κ2) is 5.46. The topological polar surface area (TPSA) is 68.3 Å². The average Bonchev–Trinajstić information content (AvgIpc) is 2.38. The highest BCUT2D eigenvalue weighted by Crippen LogP contribution is 2.23. The molecule has 1 aromatic carbocycles. The molecule has 0 unspecified atom stereocenters. The molecule has 0 spiro atoms. The van der Waals surface area contributed by atoms with Crippen molar-refractivity contribution in [2.24, 2.45) is 0 Å². The summed E-state index contributed by atoms with van der Waals surface area (Å²) < 4.78 is 44.7. The molecule has 106 valence electrons. The largest absolute Gasteiger partial charge is 0.496 e. The summed E-state index contributed by atoms with van der Waals surface area (Å²) in [5.74, 6) is -0.0208. The molecule has 1 heterocycles. The number of hydrogen-bond donors (Lipinski definition) is 1. The molecule has 7 heteroatoms. The molecule has 0 saturated heterocycles.